The summed E-state index contributed by atoms with van der Waals surface area (Å²) in [7, 11) is -0.416. The molecule has 20 rings (SSSR count). The van der Waals surface area contributed by atoms with Crippen LogP contribution in [0.2, 0.25) is 10.0 Å². The first kappa shape index (κ1) is 88.4. The molecular formula is C96H103BBrCl3N14O6. The van der Waals surface area contributed by atoms with Crippen molar-refractivity contribution in [3.8, 4) is 77.9 Å². The van der Waals surface area contributed by atoms with E-state index in [0.29, 0.717) is 29.6 Å². The summed E-state index contributed by atoms with van der Waals surface area (Å²) in [6.07, 6.45) is 25.4. The third-order valence-corrected chi connectivity index (χ3v) is 23.6. The predicted octanol–water partition coefficient (Wildman–Crippen LogP) is 18.3. The molecule has 0 bridgehead atoms. The van der Waals surface area contributed by atoms with Gasteiger partial charge in [-0.3, -0.25) is 44.7 Å². The molecule has 121 heavy (non-hydrogen) atoms. The zero-order chi connectivity index (χ0) is 84.1. The Kier molecular flexibility index (Phi) is 29.0. The van der Waals surface area contributed by atoms with Crippen molar-refractivity contribution in [1.29, 1.82) is 0 Å². The van der Waals surface area contributed by atoms with E-state index in [1.165, 1.54) is 101 Å². The molecule has 4 aliphatic heterocycles. The van der Waals surface area contributed by atoms with Crippen LogP contribution in [0, 0.1) is 0 Å². The Morgan fingerprint density at radius 1 is 0.430 bits per heavy atom. The van der Waals surface area contributed by atoms with Crippen LogP contribution in [0.5, 0.6) is 0 Å². The zero-order valence-corrected chi connectivity index (χ0v) is 74.1. The second kappa shape index (κ2) is 39.7. The van der Waals surface area contributed by atoms with Crippen LogP contribution in [0.15, 0.2) is 224 Å². The summed E-state index contributed by atoms with van der Waals surface area (Å²) in [5, 5.41) is 11.1. The average molecular weight is 1750 g/mol. The van der Waals surface area contributed by atoms with E-state index in [9.17, 15) is 9.59 Å². The number of amides is 1. The maximum absolute atomic E-state index is 12.5. The molecule has 8 aromatic heterocycles. The van der Waals surface area contributed by atoms with E-state index >= 15 is 0 Å². The van der Waals surface area contributed by atoms with Crippen LogP contribution < -0.4 is 31.2 Å². The lowest BCUT2D eigenvalue weighted by Gasteiger charge is -2.37. The van der Waals surface area contributed by atoms with Crippen molar-refractivity contribution in [2.75, 3.05) is 88.3 Å². The number of nitrogens with zero attached hydrogens (tertiary/aromatic N) is 11. The molecule has 20 nitrogen and oxygen atoms in total. The molecular weight excluding hydrogens is 1640 g/mol. The van der Waals surface area contributed by atoms with Crippen LogP contribution in [0.3, 0.4) is 0 Å². The third kappa shape index (κ3) is 21.1. The molecule has 12 heterocycles. The number of nitrogens with one attached hydrogen (secondary N) is 3. The van der Waals surface area contributed by atoms with Crippen molar-refractivity contribution in [2.45, 2.75) is 117 Å². The Morgan fingerprint density at radius 2 is 0.785 bits per heavy atom. The fraction of sp³-hybridized carbons (Fsp3) is 0.312. The second-order valence-corrected chi connectivity index (χ2v) is 34.8. The molecule has 4 saturated heterocycles. The summed E-state index contributed by atoms with van der Waals surface area (Å²) in [5.74, 6) is 0. The highest BCUT2D eigenvalue weighted by Crippen LogP contribution is 2.48. The molecule has 3 N–H and O–H groups in total. The number of piperazine rings is 3. The number of benzene rings is 4. The summed E-state index contributed by atoms with van der Waals surface area (Å²) in [6, 6.07) is 50.5. The zero-order valence-electron chi connectivity index (χ0n) is 70.2. The van der Waals surface area contributed by atoms with E-state index in [1.807, 2.05) is 143 Å². The predicted molar refractivity (Wildman–Crippen MR) is 492 cm³/mol. The molecule has 0 atom stereocenters. The van der Waals surface area contributed by atoms with Crippen LogP contribution in [0.4, 0.5) is 16.2 Å². The molecule has 624 valence electrons. The quantitative estimate of drug-likeness (QED) is 0.0997. The second-order valence-electron chi connectivity index (χ2n) is 33.1. The van der Waals surface area contributed by atoms with Crippen molar-refractivity contribution >= 4 is 88.1 Å². The lowest BCUT2D eigenvalue weighted by atomic mass is 9.80. The number of rotatable bonds is 7. The van der Waals surface area contributed by atoms with Crippen molar-refractivity contribution in [2.24, 2.45) is 0 Å². The van der Waals surface area contributed by atoms with Gasteiger partial charge in [0, 0.05) is 215 Å². The molecule has 4 fully saturated rings. The van der Waals surface area contributed by atoms with Gasteiger partial charge >= 0.3 is 13.2 Å². The van der Waals surface area contributed by atoms with Gasteiger partial charge < -0.3 is 49.4 Å². The molecule has 8 aliphatic rings. The summed E-state index contributed by atoms with van der Waals surface area (Å²) >= 11 is 15.9. The summed E-state index contributed by atoms with van der Waals surface area (Å²) in [5.41, 5.74) is 28.8. The van der Waals surface area contributed by atoms with E-state index < -0.39 is 12.7 Å². The summed E-state index contributed by atoms with van der Waals surface area (Å²) < 4.78 is 23.0. The SMILES string of the molecule is Brc1ccnc2c1-c1ccccc1C2.C1CNCCN1.CC(C)(C)OC(=O)N1CCN(c2cnccc2-c2ccnc3c2-c2ccccc2C3)CC1.CC(C)(C)OC=O.CC1(C)OB(c2ccncc2Cl)OC1(C)C.Cl.Clc1cnccc1-c1ccnc2c1-c1ccccc1C2.c1ccc2c(c1)Cc1nccc(-c3ccncc3N3CCNCC3)c1-2. The van der Waals surface area contributed by atoms with Gasteiger partial charge in [0.25, 0.3) is 6.47 Å². The van der Waals surface area contributed by atoms with Gasteiger partial charge in [-0.1, -0.05) is 136 Å². The molecule has 0 radical (unpaired) electrons. The number of anilines is 2. The van der Waals surface area contributed by atoms with Crippen LogP contribution >= 0.6 is 51.5 Å². The molecule has 25 heteroatoms. The minimum atomic E-state index is -0.483. The van der Waals surface area contributed by atoms with E-state index in [-0.39, 0.29) is 35.3 Å². The highest BCUT2D eigenvalue weighted by molar-refractivity contribution is 9.10. The highest BCUT2D eigenvalue weighted by Gasteiger charge is 2.52. The Balaban J connectivity index is 0.000000128. The van der Waals surface area contributed by atoms with Gasteiger partial charge in [-0.2, -0.15) is 0 Å². The molecule has 12 aromatic rings. The van der Waals surface area contributed by atoms with Crippen molar-refractivity contribution in [3.05, 3.63) is 280 Å². The van der Waals surface area contributed by atoms with Gasteiger partial charge in [0.1, 0.15) is 11.2 Å². The van der Waals surface area contributed by atoms with E-state index in [2.05, 4.69) is 208 Å². The topological polar surface area (TPSA) is 220 Å². The van der Waals surface area contributed by atoms with Crippen LogP contribution in [-0.4, -0.2) is 165 Å². The summed E-state index contributed by atoms with van der Waals surface area (Å²) in [4.78, 5) is 63.7. The molecule has 0 saturated carbocycles. The van der Waals surface area contributed by atoms with Crippen molar-refractivity contribution < 1.29 is 28.4 Å². The van der Waals surface area contributed by atoms with Gasteiger partial charge in [-0.15, -0.1) is 12.4 Å². The van der Waals surface area contributed by atoms with Crippen LogP contribution in [-0.2, 0) is 49.3 Å². The van der Waals surface area contributed by atoms with E-state index in [4.69, 9.17) is 37.2 Å². The summed E-state index contributed by atoms with van der Waals surface area (Å²) in [6.45, 7) is 31.0. The minimum absolute atomic E-state index is 0. The largest absolute Gasteiger partial charge is 0.496 e. The molecule has 4 aliphatic carbocycles. The molecule has 0 unspecified atom stereocenters. The molecule has 0 spiro atoms. The number of carbonyl (C=O) groups is 2. The van der Waals surface area contributed by atoms with Gasteiger partial charge in [-0.25, -0.2) is 4.79 Å². The Labute approximate surface area is 735 Å². The first-order valence-corrected chi connectivity index (χ1v) is 42.5. The monoisotopic (exact) mass is 1740 g/mol. The lowest BCUT2D eigenvalue weighted by molar-refractivity contribution is -0.138. The number of aromatic nitrogens is 8. The maximum atomic E-state index is 12.5. The number of hydrogen-bond acceptors (Lipinski definition) is 19. The van der Waals surface area contributed by atoms with Crippen molar-refractivity contribution in [3.63, 3.8) is 0 Å². The highest BCUT2D eigenvalue weighted by atomic mass is 79.9. The lowest BCUT2D eigenvalue weighted by Crippen LogP contribution is -2.50. The number of halogens is 4. The Morgan fingerprint density at radius 3 is 1.18 bits per heavy atom. The minimum Gasteiger partial charge on any atom is -0.462 e. The Hall–Kier alpha value is -10.4. The molecule has 4 aromatic carbocycles. The number of fused-ring (bicyclic) bond motifs is 12. The van der Waals surface area contributed by atoms with E-state index in [0.717, 1.165) is 135 Å². The van der Waals surface area contributed by atoms with Crippen LogP contribution in [0.25, 0.3) is 77.9 Å². The van der Waals surface area contributed by atoms with Gasteiger partial charge in [0.15, 0.2) is 0 Å². The smallest absolute Gasteiger partial charge is 0.462 e. The Bertz CT molecular complexity index is 5590. The first-order chi connectivity index (χ1) is 57.9. The average Bonchev–Trinajstić information content (AvgIpc) is 1.66. The van der Waals surface area contributed by atoms with E-state index in [1.54, 1.807) is 29.7 Å². The number of ether oxygens (including phenoxy) is 2. The maximum Gasteiger partial charge on any atom is 0.496 e. The van der Waals surface area contributed by atoms with Crippen molar-refractivity contribution in [1.82, 2.24) is 60.7 Å². The standard InChI is InChI=1S/C26H28N4O2.C21H20N4.C17H11ClN2.C12H8BrN.C11H15BClNO2.C5H10O2.C4H10N2.ClH/c1-26(2,3)32-25(31)30-14-12-29(13-15-30)23-17-27-10-8-20(23)21-9-11-28-22-16-18-6-4-5-7-19(18)24(21)22;1-2-4-16-15(3-1)13-19-21(16)18(6-8-24-19)17-5-7-23-14-20(17)25-11-9-22-10-12-25;18-15-10-19-7-5-13(15)14-6-8-20-16-9-11-3-1-2-4-12(11)17(14)16;13-10-5-6-14-11-7-8-3-1-2-4-9(8)12(10)11;1-10(2)11(3,4)16-12(15-10)8-5-6-14-7-9(8)13;1-5(2,3)7-4-6;1-2-6-4-3-5-1;/h4-11,17H,12-16H2,1-3H3;1-8,14,22H,9-13H2;1-8,10H,9H2;1-6H,7H2;5-7H,1-4H3;4H,1-3H3;5-6H,1-4H2;1H. The fourth-order valence-electron chi connectivity index (χ4n) is 15.8. The third-order valence-electron chi connectivity index (χ3n) is 22.3. The number of pyridine rings is 8. The first-order valence-electron chi connectivity index (χ1n) is 41.0. The number of carbonyl (C=O) groups excluding carboxylic acids is 2. The van der Waals surface area contributed by atoms with Gasteiger partial charge in [0.2, 0.25) is 0 Å². The molecule has 1 amide bonds. The van der Waals surface area contributed by atoms with Gasteiger partial charge in [0.05, 0.1) is 67.8 Å². The van der Waals surface area contributed by atoms with Gasteiger partial charge in [-0.05, 0) is 179 Å². The normalized spacial score (nSPS) is 15.5. The fourth-order valence-corrected chi connectivity index (χ4v) is 16.8. The van der Waals surface area contributed by atoms with Crippen LogP contribution in [0.1, 0.15) is 114 Å². The number of hydrogen-bond donors (Lipinski definition) is 3.